The minimum Gasteiger partial charge on any atom is -0.493 e. The van der Waals surface area contributed by atoms with Crippen LogP contribution in [0.5, 0.6) is 11.5 Å². The molecule has 0 saturated heterocycles. The molecule has 0 aliphatic rings. The molecule has 0 heterocycles. The van der Waals surface area contributed by atoms with Crippen molar-refractivity contribution in [3.8, 4) is 11.5 Å². The van der Waals surface area contributed by atoms with E-state index in [1.807, 2.05) is 48.5 Å². The highest BCUT2D eigenvalue weighted by molar-refractivity contribution is 6.09. The van der Waals surface area contributed by atoms with E-state index in [4.69, 9.17) is 9.47 Å². The third-order valence-electron chi connectivity index (χ3n) is 6.29. The number of ketones is 1. The van der Waals surface area contributed by atoms with E-state index in [1.165, 1.54) is 38.5 Å². The van der Waals surface area contributed by atoms with Gasteiger partial charge in [-0.1, -0.05) is 66.2 Å². The van der Waals surface area contributed by atoms with Crippen LogP contribution in [0.2, 0.25) is 0 Å². The van der Waals surface area contributed by atoms with Gasteiger partial charge in [0.05, 0.1) is 13.2 Å². The van der Waals surface area contributed by atoms with Crippen molar-refractivity contribution < 1.29 is 14.3 Å². The van der Waals surface area contributed by atoms with Crippen LogP contribution in [0.4, 0.5) is 0 Å². The summed E-state index contributed by atoms with van der Waals surface area (Å²) in [6.07, 6.45) is 9.62. The van der Waals surface area contributed by atoms with Crippen LogP contribution in [0, 0.1) is 11.8 Å². The second-order valence-corrected chi connectivity index (χ2v) is 8.83. The van der Waals surface area contributed by atoms with Gasteiger partial charge < -0.3 is 9.47 Å². The average molecular weight is 439 g/mol. The van der Waals surface area contributed by atoms with E-state index in [2.05, 4.69) is 27.7 Å². The van der Waals surface area contributed by atoms with Crippen molar-refractivity contribution in [1.29, 1.82) is 0 Å². The Hall–Kier alpha value is -2.29. The van der Waals surface area contributed by atoms with E-state index >= 15 is 0 Å². The van der Waals surface area contributed by atoms with E-state index in [9.17, 15) is 4.79 Å². The Morgan fingerprint density at radius 1 is 0.656 bits per heavy atom. The molecule has 0 aliphatic heterocycles. The molecule has 2 atom stereocenters. The Morgan fingerprint density at radius 2 is 1.03 bits per heavy atom. The largest absolute Gasteiger partial charge is 0.493 e. The molecule has 0 N–H and O–H groups in total. The van der Waals surface area contributed by atoms with Gasteiger partial charge in [-0.25, -0.2) is 0 Å². The van der Waals surface area contributed by atoms with Crippen molar-refractivity contribution in [2.45, 2.75) is 79.1 Å². The van der Waals surface area contributed by atoms with Gasteiger partial charge in [0.1, 0.15) is 11.5 Å². The number of hydrogen-bond acceptors (Lipinski definition) is 3. The minimum atomic E-state index is 0.0202. The predicted molar refractivity (Wildman–Crippen MR) is 134 cm³/mol. The Bertz CT molecular complexity index is 698. The number of carbonyl (C=O) groups is 1. The summed E-state index contributed by atoms with van der Waals surface area (Å²) in [5.41, 5.74) is 1.35. The molecule has 0 saturated carbocycles. The Labute approximate surface area is 195 Å². The molecule has 2 aromatic carbocycles. The standard InChI is InChI=1S/C29H42O3/c1-5-9-11-23(7-3)21-31-27-17-13-25(14-18-27)29(30)26-15-19-28(20-16-26)32-22-24(8-4)12-10-6-2/h13-20,23-24H,5-12,21-22H2,1-4H3. The fourth-order valence-electron chi connectivity index (χ4n) is 3.80. The van der Waals surface area contributed by atoms with Crippen LogP contribution in [0.3, 0.4) is 0 Å². The normalized spacial score (nSPS) is 12.9. The van der Waals surface area contributed by atoms with Crippen LogP contribution in [-0.4, -0.2) is 19.0 Å². The highest BCUT2D eigenvalue weighted by Gasteiger charge is 2.12. The summed E-state index contributed by atoms with van der Waals surface area (Å²) >= 11 is 0. The third-order valence-corrected chi connectivity index (χ3v) is 6.29. The van der Waals surface area contributed by atoms with Gasteiger partial charge >= 0.3 is 0 Å². The molecular formula is C29H42O3. The van der Waals surface area contributed by atoms with Gasteiger partial charge in [0.15, 0.2) is 5.78 Å². The molecular weight excluding hydrogens is 396 g/mol. The smallest absolute Gasteiger partial charge is 0.193 e. The zero-order chi connectivity index (χ0) is 23.2. The molecule has 3 heteroatoms. The van der Waals surface area contributed by atoms with E-state index in [0.29, 0.717) is 23.0 Å². The summed E-state index contributed by atoms with van der Waals surface area (Å²) in [4.78, 5) is 12.8. The molecule has 176 valence electrons. The summed E-state index contributed by atoms with van der Waals surface area (Å²) in [7, 11) is 0. The Balaban J connectivity index is 1.88. The molecule has 0 fully saturated rings. The van der Waals surface area contributed by atoms with Crippen LogP contribution in [0.1, 0.15) is 95.0 Å². The molecule has 0 aromatic heterocycles. The van der Waals surface area contributed by atoms with Crippen LogP contribution in [0.25, 0.3) is 0 Å². The van der Waals surface area contributed by atoms with Gasteiger partial charge in [0.2, 0.25) is 0 Å². The molecule has 3 nitrogen and oxygen atoms in total. The molecule has 0 aliphatic carbocycles. The average Bonchev–Trinajstić information content (AvgIpc) is 2.84. The Morgan fingerprint density at radius 3 is 1.34 bits per heavy atom. The first-order valence-electron chi connectivity index (χ1n) is 12.6. The number of rotatable bonds is 16. The number of hydrogen-bond donors (Lipinski definition) is 0. The van der Waals surface area contributed by atoms with E-state index in [0.717, 1.165) is 37.6 Å². The highest BCUT2D eigenvalue weighted by Crippen LogP contribution is 2.21. The van der Waals surface area contributed by atoms with Gasteiger partial charge in [0.25, 0.3) is 0 Å². The summed E-state index contributed by atoms with van der Waals surface area (Å²) in [5.74, 6) is 2.86. The molecule has 0 spiro atoms. The second kappa shape index (κ2) is 14.7. The minimum absolute atomic E-state index is 0.0202. The molecule has 32 heavy (non-hydrogen) atoms. The maximum atomic E-state index is 12.8. The predicted octanol–water partition coefficient (Wildman–Crippen LogP) is 8.11. The quantitative estimate of drug-likeness (QED) is 0.248. The van der Waals surface area contributed by atoms with Gasteiger partial charge in [-0.2, -0.15) is 0 Å². The van der Waals surface area contributed by atoms with Crippen LogP contribution in [0.15, 0.2) is 48.5 Å². The SMILES string of the molecule is CCCCC(CC)COc1ccc(C(=O)c2ccc(OCC(CC)CCCC)cc2)cc1. The maximum absolute atomic E-state index is 12.8. The second-order valence-electron chi connectivity index (χ2n) is 8.83. The monoisotopic (exact) mass is 438 g/mol. The van der Waals surface area contributed by atoms with Gasteiger partial charge in [-0.05, 0) is 73.2 Å². The number of carbonyl (C=O) groups excluding carboxylic acids is 1. The first-order chi connectivity index (χ1) is 15.6. The third kappa shape index (κ3) is 8.68. The van der Waals surface area contributed by atoms with E-state index in [1.54, 1.807) is 0 Å². The fourth-order valence-corrected chi connectivity index (χ4v) is 3.80. The van der Waals surface area contributed by atoms with Crippen LogP contribution >= 0.6 is 0 Å². The van der Waals surface area contributed by atoms with Crippen LogP contribution in [-0.2, 0) is 0 Å². The lowest BCUT2D eigenvalue weighted by Gasteiger charge is -2.16. The summed E-state index contributed by atoms with van der Waals surface area (Å²) < 4.78 is 11.9. The highest BCUT2D eigenvalue weighted by atomic mass is 16.5. The van der Waals surface area contributed by atoms with Crippen molar-refractivity contribution in [2.24, 2.45) is 11.8 Å². The van der Waals surface area contributed by atoms with Gasteiger partial charge in [-0.15, -0.1) is 0 Å². The van der Waals surface area contributed by atoms with Crippen molar-refractivity contribution >= 4 is 5.78 Å². The molecule has 2 unspecified atom stereocenters. The number of benzene rings is 2. The summed E-state index contributed by atoms with van der Waals surface area (Å²) in [6, 6.07) is 15.0. The van der Waals surface area contributed by atoms with Crippen molar-refractivity contribution in [3.05, 3.63) is 59.7 Å². The summed E-state index contributed by atoms with van der Waals surface area (Å²) in [6.45, 7) is 10.4. The van der Waals surface area contributed by atoms with E-state index in [-0.39, 0.29) is 5.78 Å². The zero-order valence-corrected chi connectivity index (χ0v) is 20.6. The number of unbranched alkanes of at least 4 members (excludes halogenated alkanes) is 2. The molecule has 2 aromatic rings. The molecule has 0 bridgehead atoms. The molecule has 0 radical (unpaired) electrons. The zero-order valence-electron chi connectivity index (χ0n) is 20.6. The molecule has 0 amide bonds. The molecule has 2 rings (SSSR count). The fraction of sp³-hybridized carbons (Fsp3) is 0.552. The lowest BCUT2D eigenvalue weighted by molar-refractivity contribution is 0.103. The number of ether oxygens (including phenoxy) is 2. The van der Waals surface area contributed by atoms with E-state index < -0.39 is 0 Å². The van der Waals surface area contributed by atoms with Gasteiger partial charge in [-0.3, -0.25) is 4.79 Å². The van der Waals surface area contributed by atoms with Crippen LogP contribution < -0.4 is 9.47 Å². The first-order valence-corrected chi connectivity index (χ1v) is 12.6. The Kier molecular flexibility index (Phi) is 11.9. The van der Waals surface area contributed by atoms with Crippen molar-refractivity contribution in [1.82, 2.24) is 0 Å². The van der Waals surface area contributed by atoms with Crippen molar-refractivity contribution in [2.75, 3.05) is 13.2 Å². The lowest BCUT2D eigenvalue weighted by atomic mass is 10.0. The topological polar surface area (TPSA) is 35.5 Å². The summed E-state index contributed by atoms with van der Waals surface area (Å²) in [5, 5.41) is 0. The maximum Gasteiger partial charge on any atom is 0.193 e. The van der Waals surface area contributed by atoms with Gasteiger partial charge in [0, 0.05) is 11.1 Å². The van der Waals surface area contributed by atoms with Crippen molar-refractivity contribution in [3.63, 3.8) is 0 Å². The lowest BCUT2D eigenvalue weighted by Crippen LogP contribution is -2.11. The first kappa shape index (κ1) is 26.0.